The Morgan fingerprint density at radius 3 is 1.00 bits per heavy atom. The van der Waals surface area contributed by atoms with Crippen LogP contribution in [0.3, 0.4) is 0 Å². The summed E-state index contributed by atoms with van der Waals surface area (Å²) in [4.78, 5) is 0. The first-order chi connectivity index (χ1) is 3.50. The van der Waals surface area contributed by atoms with Crippen LogP contribution in [-0.2, 0) is 0 Å². The van der Waals surface area contributed by atoms with Crippen LogP contribution < -0.4 is 5.32 Å². The maximum absolute atomic E-state index is 3.11. The van der Waals surface area contributed by atoms with E-state index in [1.54, 1.807) is 0 Å². The molecule has 1 N–H and O–H groups in total. The third-order valence-corrected chi connectivity index (χ3v) is 1.06. The Balaban J connectivity index is 0.0000000729. The largest absolute Gasteiger partial charge is 0.317 e. The summed E-state index contributed by atoms with van der Waals surface area (Å²) < 4.78 is 0. The summed E-state index contributed by atoms with van der Waals surface area (Å²) in [6, 6.07) is 0. The van der Waals surface area contributed by atoms with E-state index in [4.69, 9.17) is 0 Å². The summed E-state index contributed by atoms with van der Waals surface area (Å²) in [5, 5.41) is 3.11. The Kier molecular flexibility index (Phi) is 2.21. The van der Waals surface area contributed by atoms with E-state index in [9.17, 15) is 0 Å². The summed E-state index contributed by atoms with van der Waals surface area (Å²) in [7, 11) is 0. The van der Waals surface area contributed by atoms with Crippen molar-refractivity contribution in [2.45, 2.75) is 25.7 Å². The molecule has 1 saturated carbocycles. The molecule has 1 heterocycles. The molecular weight excluding hydrogens is 86.1 g/mol. The first-order valence-corrected chi connectivity index (χ1v) is 3.21. The molecule has 1 saturated heterocycles. The van der Waals surface area contributed by atoms with Gasteiger partial charge in [-0.15, -0.1) is 0 Å². The van der Waals surface area contributed by atoms with Gasteiger partial charge in [0.25, 0.3) is 0 Å². The smallest absolute Gasteiger partial charge is 0.00368 e. The molecule has 0 atom stereocenters. The van der Waals surface area contributed by atoms with Gasteiger partial charge in [0, 0.05) is 0 Å². The van der Waals surface area contributed by atoms with E-state index in [2.05, 4.69) is 5.32 Å². The molecule has 42 valence electrons. The van der Waals surface area contributed by atoms with E-state index in [-0.39, 0.29) is 0 Å². The van der Waals surface area contributed by atoms with Gasteiger partial charge in [0.15, 0.2) is 0 Å². The molecule has 7 heavy (non-hydrogen) atoms. The van der Waals surface area contributed by atoms with Crippen LogP contribution in [0.2, 0.25) is 0 Å². The van der Waals surface area contributed by atoms with Crippen molar-refractivity contribution in [3.63, 3.8) is 0 Å². The van der Waals surface area contributed by atoms with Crippen LogP contribution in [0.5, 0.6) is 0 Å². The molecule has 0 amide bonds. The van der Waals surface area contributed by atoms with Crippen molar-refractivity contribution in [1.29, 1.82) is 0 Å². The van der Waals surface area contributed by atoms with Gasteiger partial charge in [0.1, 0.15) is 0 Å². The van der Waals surface area contributed by atoms with Crippen molar-refractivity contribution < 1.29 is 0 Å². The van der Waals surface area contributed by atoms with Crippen molar-refractivity contribution in [2.24, 2.45) is 0 Å². The van der Waals surface area contributed by atoms with Crippen LogP contribution in [0.25, 0.3) is 0 Å². The Morgan fingerprint density at radius 2 is 1.00 bits per heavy atom. The first-order valence-electron chi connectivity index (χ1n) is 3.21. The zero-order chi connectivity index (χ0) is 4.95. The molecule has 0 aromatic rings. The molecule has 0 aromatic carbocycles. The van der Waals surface area contributed by atoms with Crippen LogP contribution >= 0.6 is 0 Å². The number of nitrogens with one attached hydrogen (secondary N) is 1. The fraction of sp³-hybridized carbons (Fsp3) is 1.00. The van der Waals surface area contributed by atoms with E-state index in [1.165, 1.54) is 38.8 Å². The van der Waals surface area contributed by atoms with Crippen LogP contribution in [0.4, 0.5) is 0 Å². The molecule has 0 spiro atoms. The third kappa shape index (κ3) is 3.80. The van der Waals surface area contributed by atoms with Crippen molar-refractivity contribution in [3.05, 3.63) is 0 Å². The van der Waals surface area contributed by atoms with Gasteiger partial charge in [-0.05, 0) is 19.5 Å². The fourth-order valence-electron chi connectivity index (χ4n) is 0.177. The maximum atomic E-state index is 3.11. The van der Waals surface area contributed by atoms with Crippen molar-refractivity contribution >= 4 is 0 Å². The van der Waals surface area contributed by atoms with Crippen LogP contribution in [0, 0.1) is 0 Å². The zero-order valence-corrected chi connectivity index (χ0v) is 4.74. The van der Waals surface area contributed by atoms with Gasteiger partial charge < -0.3 is 5.32 Å². The average Bonchev–Trinajstić information content (AvgIpc) is 1.95. The monoisotopic (exact) mass is 99.1 g/mol. The Bertz CT molecular complexity index is 30.7. The topological polar surface area (TPSA) is 12.0 Å². The minimum absolute atomic E-state index is 1.25. The van der Waals surface area contributed by atoms with Gasteiger partial charge >= 0.3 is 0 Å². The van der Waals surface area contributed by atoms with Gasteiger partial charge in [0.05, 0.1) is 0 Å². The lowest BCUT2D eigenvalue weighted by Gasteiger charge is -2.09. The number of hydrogen-bond donors (Lipinski definition) is 1. The molecule has 2 aliphatic rings. The summed E-state index contributed by atoms with van der Waals surface area (Å²) in [5.74, 6) is 0. The van der Waals surface area contributed by atoms with Gasteiger partial charge in [0.2, 0.25) is 0 Å². The predicted octanol–water partition coefficient (Wildman–Crippen LogP) is 1.15. The normalized spacial score (nSPS) is 24.0. The van der Waals surface area contributed by atoms with Gasteiger partial charge in [-0.1, -0.05) is 19.3 Å². The van der Waals surface area contributed by atoms with Crippen LogP contribution in [0.1, 0.15) is 25.7 Å². The quantitative estimate of drug-likeness (QED) is 0.480. The minimum atomic E-state index is 1.25. The summed E-state index contributed by atoms with van der Waals surface area (Å²) >= 11 is 0. The second-order valence-corrected chi connectivity index (χ2v) is 2.16. The lowest BCUT2D eigenvalue weighted by atomic mass is 10.3. The second kappa shape index (κ2) is 3.03. The zero-order valence-electron chi connectivity index (χ0n) is 4.74. The minimum Gasteiger partial charge on any atom is -0.317 e. The van der Waals surface area contributed by atoms with E-state index in [0.717, 1.165) is 0 Å². The molecule has 2 fully saturated rings. The van der Waals surface area contributed by atoms with E-state index in [1.807, 2.05) is 0 Å². The van der Waals surface area contributed by atoms with E-state index >= 15 is 0 Å². The molecular formula is C6H13N. The molecule has 1 heteroatoms. The number of hydrogen-bond acceptors (Lipinski definition) is 1. The van der Waals surface area contributed by atoms with Crippen LogP contribution in [0.15, 0.2) is 0 Å². The average molecular weight is 99.2 g/mol. The third-order valence-electron chi connectivity index (χ3n) is 1.06. The second-order valence-electron chi connectivity index (χ2n) is 2.16. The highest BCUT2D eigenvalue weighted by molar-refractivity contribution is 4.56. The highest BCUT2D eigenvalue weighted by Gasteiger charge is 1.95. The molecule has 1 aliphatic carbocycles. The highest BCUT2D eigenvalue weighted by Crippen LogP contribution is 2.14. The molecule has 2 rings (SSSR count). The van der Waals surface area contributed by atoms with Crippen molar-refractivity contribution in [1.82, 2.24) is 5.32 Å². The molecule has 1 aliphatic heterocycles. The highest BCUT2D eigenvalue weighted by atomic mass is 14.9. The molecule has 0 bridgehead atoms. The lowest BCUT2D eigenvalue weighted by Crippen LogP contribution is -2.29. The fourth-order valence-corrected chi connectivity index (χ4v) is 0.177. The van der Waals surface area contributed by atoms with Crippen LogP contribution in [-0.4, -0.2) is 13.1 Å². The standard InChI is InChI=1S/C3H7N.C3H6/c1-2-4-3-1;1-2-3-1/h4H,1-3H2;1-3H2. The first kappa shape index (κ1) is 5.10. The van der Waals surface area contributed by atoms with Gasteiger partial charge in [-0.2, -0.15) is 0 Å². The molecule has 0 radical (unpaired) electrons. The lowest BCUT2D eigenvalue weighted by molar-refractivity contribution is 0.527. The maximum Gasteiger partial charge on any atom is -0.00368 e. The Morgan fingerprint density at radius 1 is 0.714 bits per heavy atom. The molecule has 1 nitrogen and oxygen atoms in total. The van der Waals surface area contributed by atoms with Gasteiger partial charge in [-0.3, -0.25) is 0 Å². The van der Waals surface area contributed by atoms with Crippen molar-refractivity contribution in [3.8, 4) is 0 Å². The molecule has 0 aromatic heterocycles. The Labute approximate surface area is 45.1 Å². The Hall–Kier alpha value is -0.0400. The van der Waals surface area contributed by atoms with E-state index < -0.39 is 0 Å². The SMILES string of the molecule is C1CC1.C1CNC1. The summed E-state index contributed by atoms with van der Waals surface area (Å²) in [6.45, 7) is 2.50. The molecule has 0 unspecified atom stereocenters. The van der Waals surface area contributed by atoms with E-state index in [0.29, 0.717) is 0 Å². The predicted molar refractivity (Wildman–Crippen MR) is 31.3 cm³/mol. The van der Waals surface area contributed by atoms with Gasteiger partial charge in [-0.25, -0.2) is 0 Å². The summed E-state index contributed by atoms with van der Waals surface area (Å²) in [6.07, 6.45) is 5.89. The number of rotatable bonds is 0. The van der Waals surface area contributed by atoms with Crippen molar-refractivity contribution in [2.75, 3.05) is 13.1 Å². The summed E-state index contributed by atoms with van der Waals surface area (Å²) in [5.41, 5.74) is 0.